The Kier molecular flexibility index (Phi) is 5.63. The number of hydrogen-bond acceptors (Lipinski definition) is 3. The Morgan fingerprint density at radius 1 is 1.20 bits per heavy atom. The third-order valence-corrected chi connectivity index (χ3v) is 5.32. The predicted molar refractivity (Wildman–Crippen MR) is 80.0 cm³/mol. The van der Waals surface area contributed by atoms with E-state index in [9.17, 15) is 8.42 Å². The number of nitrogens with one attached hydrogen (secondary N) is 3. The zero-order valence-electron chi connectivity index (χ0n) is 12.1. The van der Waals surface area contributed by atoms with E-state index < -0.39 is 10.0 Å². The van der Waals surface area contributed by atoms with Crippen LogP contribution in [0, 0.1) is 0 Å². The van der Waals surface area contributed by atoms with Crippen molar-refractivity contribution < 1.29 is 8.42 Å². The van der Waals surface area contributed by atoms with Crippen LogP contribution in [0.1, 0.15) is 50.6 Å². The van der Waals surface area contributed by atoms with E-state index in [-0.39, 0.29) is 6.04 Å². The van der Waals surface area contributed by atoms with Gasteiger partial charge in [0, 0.05) is 24.5 Å². The van der Waals surface area contributed by atoms with Crippen LogP contribution in [0.15, 0.2) is 17.2 Å². The summed E-state index contributed by atoms with van der Waals surface area (Å²) >= 11 is 0. The molecule has 0 atom stereocenters. The Balaban J connectivity index is 2.01. The Hall–Kier alpha value is -0.850. The summed E-state index contributed by atoms with van der Waals surface area (Å²) in [5.41, 5.74) is 0.880. The number of aromatic nitrogens is 1. The second-order valence-corrected chi connectivity index (χ2v) is 7.27. The lowest BCUT2D eigenvalue weighted by molar-refractivity contribution is 0.426. The first kappa shape index (κ1) is 15.5. The number of sulfonamides is 1. The van der Waals surface area contributed by atoms with Gasteiger partial charge in [-0.15, -0.1) is 0 Å². The van der Waals surface area contributed by atoms with E-state index in [0.29, 0.717) is 11.4 Å². The molecule has 1 aromatic heterocycles. The molecule has 1 aliphatic carbocycles. The van der Waals surface area contributed by atoms with Gasteiger partial charge in [-0.05, 0) is 26.0 Å². The van der Waals surface area contributed by atoms with Crippen LogP contribution in [0.5, 0.6) is 0 Å². The lowest BCUT2D eigenvalue weighted by atomic mass is 9.97. The fourth-order valence-corrected chi connectivity index (χ4v) is 4.05. The van der Waals surface area contributed by atoms with Gasteiger partial charge in [0.1, 0.15) is 0 Å². The van der Waals surface area contributed by atoms with Gasteiger partial charge in [-0.25, -0.2) is 13.1 Å². The van der Waals surface area contributed by atoms with Crippen LogP contribution in [-0.4, -0.2) is 26.5 Å². The average Bonchev–Trinajstić information content (AvgIpc) is 2.82. The quantitative estimate of drug-likeness (QED) is 0.779. The highest BCUT2D eigenvalue weighted by Crippen LogP contribution is 2.19. The lowest BCUT2D eigenvalue weighted by Crippen LogP contribution is -2.35. The standard InChI is InChI=1S/C14H25N3O2S/c1-15-10-13-9-14(11-16-13)20(18,19)17-12-7-5-3-2-4-6-8-12/h9,11-12,15-17H,2-8,10H2,1H3. The summed E-state index contributed by atoms with van der Waals surface area (Å²) in [6.07, 6.45) is 9.42. The molecular formula is C14H25N3O2S. The Morgan fingerprint density at radius 2 is 1.85 bits per heavy atom. The van der Waals surface area contributed by atoms with Crippen LogP contribution >= 0.6 is 0 Å². The van der Waals surface area contributed by atoms with Crippen LogP contribution in [0.25, 0.3) is 0 Å². The normalized spacial score (nSPS) is 18.6. The first-order valence-electron chi connectivity index (χ1n) is 7.46. The fourth-order valence-electron chi connectivity index (χ4n) is 2.73. The van der Waals surface area contributed by atoms with Crippen LogP contribution in [0.2, 0.25) is 0 Å². The molecule has 2 rings (SSSR count). The van der Waals surface area contributed by atoms with E-state index in [1.54, 1.807) is 12.3 Å². The zero-order valence-corrected chi connectivity index (χ0v) is 12.9. The molecule has 0 amide bonds. The molecule has 3 N–H and O–H groups in total. The molecule has 20 heavy (non-hydrogen) atoms. The van der Waals surface area contributed by atoms with Crippen LogP contribution in [0.4, 0.5) is 0 Å². The minimum Gasteiger partial charge on any atom is -0.363 e. The molecule has 0 radical (unpaired) electrons. The average molecular weight is 299 g/mol. The monoisotopic (exact) mass is 299 g/mol. The van der Waals surface area contributed by atoms with Gasteiger partial charge in [0.2, 0.25) is 10.0 Å². The van der Waals surface area contributed by atoms with Crippen LogP contribution < -0.4 is 10.0 Å². The Morgan fingerprint density at radius 3 is 2.50 bits per heavy atom. The van der Waals surface area contributed by atoms with Gasteiger partial charge in [0.15, 0.2) is 0 Å². The minimum atomic E-state index is -3.39. The van der Waals surface area contributed by atoms with Crippen molar-refractivity contribution in [2.45, 2.75) is 62.4 Å². The first-order valence-corrected chi connectivity index (χ1v) is 8.94. The van der Waals surface area contributed by atoms with Crippen LogP contribution in [-0.2, 0) is 16.6 Å². The largest absolute Gasteiger partial charge is 0.363 e. The van der Waals surface area contributed by atoms with Crippen molar-refractivity contribution >= 4 is 10.0 Å². The van der Waals surface area contributed by atoms with E-state index in [0.717, 1.165) is 31.4 Å². The van der Waals surface area contributed by atoms with Crippen molar-refractivity contribution in [2.75, 3.05) is 7.05 Å². The number of aromatic amines is 1. The van der Waals surface area contributed by atoms with E-state index in [4.69, 9.17) is 0 Å². The summed E-state index contributed by atoms with van der Waals surface area (Å²) in [6.45, 7) is 0.638. The van der Waals surface area contributed by atoms with Gasteiger partial charge < -0.3 is 10.3 Å². The molecule has 1 fully saturated rings. The van der Waals surface area contributed by atoms with Crippen molar-refractivity contribution in [1.82, 2.24) is 15.0 Å². The molecular weight excluding hydrogens is 274 g/mol. The second kappa shape index (κ2) is 7.24. The zero-order chi connectivity index (χ0) is 14.4. The highest BCUT2D eigenvalue weighted by Gasteiger charge is 2.21. The second-order valence-electron chi connectivity index (χ2n) is 5.55. The molecule has 0 aliphatic heterocycles. The number of rotatable bonds is 5. The number of H-pyrrole nitrogens is 1. The fraction of sp³-hybridized carbons (Fsp3) is 0.714. The van der Waals surface area contributed by atoms with E-state index in [1.807, 2.05) is 7.05 Å². The van der Waals surface area contributed by atoms with Crippen molar-refractivity contribution in [2.24, 2.45) is 0 Å². The summed E-state index contributed by atoms with van der Waals surface area (Å²) in [7, 11) is -1.56. The maximum atomic E-state index is 12.4. The van der Waals surface area contributed by atoms with E-state index in [2.05, 4.69) is 15.0 Å². The summed E-state index contributed by atoms with van der Waals surface area (Å²) in [6, 6.07) is 1.78. The van der Waals surface area contributed by atoms with Gasteiger partial charge in [-0.2, -0.15) is 0 Å². The molecule has 1 aromatic rings. The Bertz CT molecular complexity index is 502. The van der Waals surface area contributed by atoms with E-state index in [1.165, 1.54) is 19.3 Å². The maximum absolute atomic E-state index is 12.4. The van der Waals surface area contributed by atoms with Crippen LogP contribution in [0.3, 0.4) is 0 Å². The first-order chi connectivity index (χ1) is 9.62. The maximum Gasteiger partial charge on any atom is 0.242 e. The van der Waals surface area contributed by atoms with Gasteiger partial charge in [-0.1, -0.05) is 32.1 Å². The highest BCUT2D eigenvalue weighted by molar-refractivity contribution is 7.89. The summed E-state index contributed by atoms with van der Waals surface area (Å²) in [4.78, 5) is 3.33. The highest BCUT2D eigenvalue weighted by atomic mass is 32.2. The summed E-state index contributed by atoms with van der Waals surface area (Å²) in [5, 5.41) is 3.00. The molecule has 0 aromatic carbocycles. The summed E-state index contributed by atoms with van der Waals surface area (Å²) < 4.78 is 27.6. The van der Waals surface area contributed by atoms with E-state index >= 15 is 0 Å². The number of hydrogen-bond donors (Lipinski definition) is 3. The molecule has 0 spiro atoms. The molecule has 1 aliphatic rings. The van der Waals surface area contributed by atoms with Crippen molar-refractivity contribution in [3.8, 4) is 0 Å². The third-order valence-electron chi connectivity index (χ3n) is 3.82. The molecule has 0 bridgehead atoms. The summed E-state index contributed by atoms with van der Waals surface area (Å²) in [5.74, 6) is 0. The smallest absolute Gasteiger partial charge is 0.242 e. The molecule has 5 nitrogen and oxygen atoms in total. The molecule has 0 unspecified atom stereocenters. The van der Waals surface area contributed by atoms with Gasteiger partial charge in [-0.3, -0.25) is 0 Å². The topological polar surface area (TPSA) is 74.0 Å². The van der Waals surface area contributed by atoms with Gasteiger partial charge in [0.05, 0.1) is 4.90 Å². The molecule has 1 saturated carbocycles. The van der Waals surface area contributed by atoms with Crippen molar-refractivity contribution in [3.63, 3.8) is 0 Å². The molecule has 0 saturated heterocycles. The molecule has 6 heteroatoms. The Labute approximate surface area is 121 Å². The minimum absolute atomic E-state index is 0.0861. The molecule has 1 heterocycles. The predicted octanol–water partition coefficient (Wildman–Crippen LogP) is 2.13. The lowest BCUT2D eigenvalue weighted by Gasteiger charge is -2.20. The van der Waals surface area contributed by atoms with Gasteiger partial charge >= 0.3 is 0 Å². The SMILES string of the molecule is CNCc1cc(S(=O)(=O)NC2CCCCCCC2)c[nH]1. The van der Waals surface area contributed by atoms with Crippen molar-refractivity contribution in [3.05, 3.63) is 18.0 Å². The molecule has 114 valence electrons. The van der Waals surface area contributed by atoms with Crippen molar-refractivity contribution in [1.29, 1.82) is 0 Å². The third kappa shape index (κ3) is 4.33. The van der Waals surface area contributed by atoms with Gasteiger partial charge in [0.25, 0.3) is 0 Å².